The number of piperidine rings is 1. The Bertz CT molecular complexity index is 997. The molecule has 0 bridgehead atoms. The second kappa shape index (κ2) is 8.10. The summed E-state index contributed by atoms with van der Waals surface area (Å²) in [6.07, 6.45) is 2.68. The molecule has 0 spiro atoms. The van der Waals surface area contributed by atoms with E-state index in [-0.39, 0.29) is 21.4 Å². The van der Waals surface area contributed by atoms with Crippen molar-refractivity contribution in [3.8, 4) is 5.75 Å². The van der Waals surface area contributed by atoms with Crippen molar-refractivity contribution in [2.75, 3.05) is 25.5 Å². The number of methoxy groups -OCH3 is 1. The first-order valence-corrected chi connectivity index (χ1v) is 10.8. The topological polar surface area (TPSA) is 93.5 Å². The van der Waals surface area contributed by atoms with Crippen LogP contribution in [0.25, 0.3) is 0 Å². The molecule has 0 saturated carbocycles. The molecule has 1 aromatic heterocycles. The molecule has 1 fully saturated rings. The minimum absolute atomic E-state index is 0.0312. The molecule has 1 amide bonds. The van der Waals surface area contributed by atoms with E-state index < -0.39 is 15.9 Å². The molecule has 0 radical (unpaired) electrons. The van der Waals surface area contributed by atoms with Gasteiger partial charge in [0.25, 0.3) is 5.91 Å². The van der Waals surface area contributed by atoms with Crippen LogP contribution in [0.1, 0.15) is 35.3 Å². The highest BCUT2D eigenvalue weighted by molar-refractivity contribution is 7.89. The van der Waals surface area contributed by atoms with Gasteiger partial charge in [-0.3, -0.25) is 9.48 Å². The van der Waals surface area contributed by atoms with Crippen LogP contribution in [0.5, 0.6) is 5.75 Å². The van der Waals surface area contributed by atoms with E-state index in [0.29, 0.717) is 24.5 Å². The van der Waals surface area contributed by atoms with Gasteiger partial charge in [0, 0.05) is 25.8 Å². The SMILES string of the molecule is COc1ccc(NC(=O)c2c(C)nn(C)c2Cl)cc1S(=O)(=O)N1CCCCC1. The molecule has 28 heavy (non-hydrogen) atoms. The molecule has 3 rings (SSSR count). The van der Waals surface area contributed by atoms with Crippen molar-refractivity contribution < 1.29 is 17.9 Å². The molecule has 1 saturated heterocycles. The zero-order valence-corrected chi connectivity index (χ0v) is 17.6. The number of hydrogen-bond donors (Lipinski definition) is 1. The van der Waals surface area contributed by atoms with Gasteiger partial charge < -0.3 is 10.1 Å². The summed E-state index contributed by atoms with van der Waals surface area (Å²) in [6, 6.07) is 4.54. The standard InChI is InChI=1S/C18H23ClN4O4S/c1-12-16(17(19)22(2)21-12)18(24)20-13-7-8-14(27-3)15(11-13)28(25,26)23-9-5-4-6-10-23/h7-8,11H,4-6,9-10H2,1-3H3,(H,20,24). The maximum absolute atomic E-state index is 13.1. The molecule has 1 N–H and O–H groups in total. The van der Waals surface area contributed by atoms with Crippen LogP contribution in [-0.4, -0.2) is 48.6 Å². The van der Waals surface area contributed by atoms with Gasteiger partial charge in [-0.25, -0.2) is 8.42 Å². The Balaban J connectivity index is 1.93. The monoisotopic (exact) mass is 426 g/mol. The number of hydrogen-bond acceptors (Lipinski definition) is 5. The molecule has 0 unspecified atom stereocenters. The average molecular weight is 427 g/mol. The summed E-state index contributed by atoms with van der Waals surface area (Å²) in [5.41, 5.74) is 1.07. The third-order valence-corrected chi connectivity index (χ3v) is 7.09. The number of rotatable bonds is 5. The summed E-state index contributed by atoms with van der Waals surface area (Å²) in [5.74, 6) is -0.221. The molecule has 0 atom stereocenters. The predicted octanol–water partition coefficient (Wildman–Crippen LogP) is 2.82. The van der Waals surface area contributed by atoms with Crippen molar-refractivity contribution in [2.45, 2.75) is 31.1 Å². The van der Waals surface area contributed by atoms with Crippen LogP contribution in [0, 0.1) is 6.92 Å². The fourth-order valence-electron chi connectivity index (χ4n) is 3.28. The molecule has 2 heterocycles. The zero-order chi connectivity index (χ0) is 20.5. The highest BCUT2D eigenvalue weighted by atomic mass is 35.5. The molecular formula is C18H23ClN4O4S. The van der Waals surface area contributed by atoms with Gasteiger partial charge in [-0.15, -0.1) is 0 Å². The van der Waals surface area contributed by atoms with Crippen LogP contribution in [0.15, 0.2) is 23.1 Å². The molecule has 152 valence electrons. The van der Waals surface area contributed by atoms with Gasteiger partial charge >= 0.3 is 0 Å². The van der Waals surface area contributed by atoms with E-state index >= 15 is 0 Å². The number of amides is 1. The second-order valence-corrected chi connectivity index (χ2v) is 8.92. The van der Waals surface area contributed by atoms with Gasteiger partial charge in [0.15, 0.2) is 0 Å². The van der Waals surface area contributed by atoms with Gasteiger partial charge in [-0.1, -0.05) is 18.0 Å². The maximum atomic E-state index is 13.1. The van der Waals surface area contributed by atoms with Crippen molar-refractivity contribution in [1.82, 2.24) is 14.1 Å². The Morgan fingerprint density at radius 2 is 1.93 bits per heavy atom. The summed E-state index contributed by atoms with van der Waals surface area (Å²) >= 11 is 6.15. The van der Waals surface area contributed by atoms with Crippen LogP contribution in [0.4, 0.5) is 5.69 Å². The van der Waals surface area contributed by atoms with Gasteiger partial charge in [-0.2, -0.15) is 9.40 Å². The Morgan fingerprint density at radius 3 is 2.50 bits per heavy atom. The number of carbonyl (C=O) groups excluding carboxylic acids is 1. The summed E-state index contributed by atoms with van der Waals surface area (Å²) in [6.45, 7) is 2.64. The highest BCUT2D eigenvalue weighted by Gasteiger charge is 2.29. The first-order chi connectivity index (χ1) is 13.3. The maximum Gasteiger partial charge on any atom is 0.260 e. The van der Waals surface area contributed by atoms with Crippen molar-refractivity contribution >= 4 is 33.2 Å². The van der Waals surface area contributed by atoms with Gasteiger partial charge in [-0.05, 0) is 38.0 Å². The third kappa shape index (κ3) is 3.87. The number of halogens is 1. The van der Waals surface area contributed by atoms with Gasteiger partial charge in [0.2, 0.25) is 10.0 Å². The summed E-state index contributed by atoms with van der Waals surface area (Å²) in [7, 11) is -0.666. The number of benzene rings is 1. The Morgan fingerprint density at radius 1 is 1.25 bits per heavy atom. The Labute approximate surface area is 169 Å². The van der Waals surface area contributed by atoms with E-state index in [0.717, 1.165) is 19.3 Å². The normalized spacial score (nSPS) is 15.4. The first-order valence-electron chi connectivity index (χ1n) is 8.94. The number of sulfonamides is 1. The third-order valence-electron chi connectivity index (χ3n) is 4.73. The minimum Gasteiger partial charge on any atom is -0.495 e. The van der Waals surface area contributed by atoms with Crippen molar-refractivity contribution in [3.05, 3.63) is 34.6 Å². The minimum atomic E-state index is -3.73. The van der Waals surface area contributed by atoms with Crippen molar-refractivity contribution in [1.29, 1.82) is 0 Å². The molecule has 1 aliphatic rings. The largest absolute Gasteiger partial charge is 0.495 e. The first kappa shape index (κ1) is 20.6. The lowest BCUT2D eigenvalue weighted by Gasteiger charge is -2.26. The second-order valence-electron chi connectivity index (χ2n) is 6.66. The number of aromatic nitrogens is 2. The van der Waals surface area contributed by atoms with E-state index in [2.05, 4.69) is 10.4 Å². The number of anilines is 1. The quantitative estimate of drug-likeness (QED) is 0.793. The highest BCUT2D eigenvalue weighted by Crippen LogP contribution is 2.31. The zero-order valence-electron chi connectivity index (χ0n) is 16.0. The smallest absolute Gasteiger partial charge is 0.260 e. The average Bonchev–Trinajstić information content (AvgIpc) is 2.94. The van der Waals surface area contributed by atoms with Crippen LogP contribution < -0.4 is 10.1 Å². The lowest BCUT2D eigenvalue weighted by Crippen LogP contribution is -2.35. The van der Waals surface area contributed by atoms with E-state index in [4.69, 9.17) is 16.3 Å². The van der Waals surface area contributed by atoms with E-state index in [9.17, 15) is 13.2 Å². The molecule has 2 aromatic rings. The fraction of sp³-hybridized carbons (Fsp3) is 0.444. The summed E-state index contributed by atoms with van der Waals surface area (Å²) < 4.78 is 34.3. The molecule has 0 aliphatic carbocycles. The van der Waals surface area contributed by atoms with Crippen LogP contribution in [0.3, 0.4) is 0 Å². The number of nitrogens with zero attached hydrogens (tertiary/aromatic N) is 3. The Hall–Kier alpha value is -2.10. The van der Waals surface area contributed by atoms with E-state index in [1.54, 1.807) is 20.0 Å². The predicted molar refractivity (Wildman–Crippen MR) is 107 cm³/mol. The molecular weight excluding hydrogens is 404 g/mol. The molecule has 10 heteroatoms. The number of nitrogens with one attached hydrogen (secondary N) is 1. The van der Waals surface area contributed by atoms with Crippen molar-refractivity contribution in [3.63, 3.8) is 0 Å². The number of carbonyl (C=O) groups is 1. The van der Waals surface area contributed by atoms with E-state index in [1.165, 1.54) is 28.2 Å². The fourth-order valence-corrected chi connectivity index (χ4v) is 5.24. The summed E-state index contributed by atoms with van der Waals surface area (Å²) in [4.78, 5) is 12.7. The lowest BCUT2D eigenvalue weighted by atomic mass is 10.2. The molecule has 1 aromatic carbocycles. The molecule has 1 aliphatic heterocycles. The number of aryl methyl sites for hydroxylation is 2. The van der Waals surface area contributed by atoms with Crippen LogP contribution >= 0.6 is 11.6 Å². The van der Waals surface area contributed by atoms with Crippen molar-refractivity contribution in [2.24, 2.45) is 7.05 Å². The van der Waals surface area contributed by atoms with Crippen LogP contribution in [-0.2, 0) is 17.1 Å². The van der Waals surface area contributed by atoms with E-state index in [1.807, 2.05) is 0 Å². The van der Waals surface area contributed by atoms with Gasteiger partial charge in [0.05, 0.1) is 18.4 Å². The summed E-state index contributed by atoms with van der Waals surface area (Å²) in [5, 5.41) is 7.04. The Kier molecular flexibility index (Phi) is 5.97. The van der Waals surface area contributed by atoms with Crippen LogP contribution in [0.2, 0.25) is 5.15 Å². The lowest BCUT2D eigenvalue weighted by molar-refractivity contribution is 0.102. The number of ether oxygens (including phenoxy) is 1. The molecule has 8 nitrogen and oxygen atoms in total. The van der Waals surface area contributed by atoms with Gasteiger partial charge in [0.1, 0.15) is 15.8 Å².